The number of halogens is 3. The first-order chi connectivity index (χ1) is 61.2. The Morgan fingerprint density at radius 3 is 1.02 bits per heavy atom. The summed E-state index contributed by atoms with van der Waals surface area (Å²) < 4.78 is 14.7. The van der Waals surface area contributed by atoms with E-state index < -0.39 is 5.97 Å². The van der Waals surface area contributed by atoms with Crippen molar-refractivity contribution in [2.24, 2.45) is 5.92 Å². The minimum absolute atomic E-state index is 0.172. The molecule has 0 bridgehead atoms. The van der Waals surface area contributed by atoms with Crippen molar-refractivity contribution in [3.05, 3.63) is 319 Å². The quantitative estimate of drug-likeness (QED) is 0.112. The predicted octanol–water partition coefficient (Wildman–Crippen LogP) is 25.6. The molecule has 0 aliphatic rings. The maximum atomic E-state index is 11.2. The van der Waals surface area contributed by atoms with Crippen LogP contribution in [-0.2, 0) is 37.5 Å². The smallest absolute Gasteiger partial charge is 0.323 e. The van der Waals surface area contributed by atoms with E-state index in [1.807, 2.05) is 193 Å². The normalized spacial score (nSPS) is 11.6. The van der Waals surface area contributed by atoms with Crippen molar-refractivity contribution in [1.29, 1.82) is 0 Å². The Hall–Kier alpha value is -14.6. The summed E-state index contributed by atoms with van der Waals surface area (Å²) in [5.74, 6) is -0.376. The molecule has 12 aromatic carbocycles. The third kappa shape index (κ3) is 15.3. The third-order valence-electron chi connectivity index (χ3n) is 22.0. The van der Waals surface area contributed by atoms with Gasteiger partial charge in [0, 0.05) is 78.7 Å². The zero-order chi connectivity index (χ0) is 85.5. The summed E-state index contributed by atoms with van der Waals surface area (Å²) in [6.07, 6.45) is 7.89. The van der Waals surface area contributed by atoms with E-state index in [0.29, 0.717) is 28.6 Å². The fourth-order valence-corrected chi connectivity index (χ4v) is 17.4. The first-order valence-corrected chi connectivity index (χ1v) is 43.2. The summed E-state index contributed by atoms with van der Waals surface area (Å²) >= 11 is 13.2. The number of carboxylic acids is 1. The Labute approximate surface area is 737 Å². The fraction of sp³-hybridized carbons (Fsp3) is 0.108. The largest absolute Gasteiger partial charge is 0.480 e. The monoisotopic (exact) mass is 1780 g/mol. The molecule has 0 saturated carbocycles. The Morgan fingerprint density at radius 1 is 0.352 bits per heavy atom. The molecule has 23 heteroatoms. The van der Waals surface area contributed by atoms with Gasteiger partial charge in [-0.05, 0) is 158 Å². The third-order valence-corrected chi connectivity index (χ3v) is 23.3. The number of fused-ring (bicyclic) bond motifs is 24. The Kier molecular flexibility index (Phi) is 22.0. The number of carbonyl (C=O) groups is 1. The van der Waals surface area contributed by atoms with Gasteiger partial charge in [0.05, 0.1) is 99.3 Å². The summed E-state index contributed by atoms with van der Waals surface area (Å²) in [4.78, 5) is 68.5. The molecular formula is C102H79Br2ClN18O2. The highest BCUT2D eigenvalue weighted by Gasteiger charge is 2.22. The minimum Gasteiger partial charge on any atom is -0.480 e. The van der Waals surface area contributed by atoms with Gasteiger partial charge in [-0.25, -0.2) is 59.8 Å². The van der Waals surface area contributed by atoms with Crippen LogP contribution < -0.4 is 0 Å². The summed E-state index contributed by atoms with van der Waals surface area (Å²) in [6, 6.07) is 90.4. The van der Waals surface area contributed by atoms with Gasteiger partial charge in [-0.1, -0.05) is 217 Å². The van der Waals surface area contributed by atoms with Gasteiger partial charge in [0.1, 0.15) is 39.6 Å². The molecule has 24 rings (SSSR count). The summed E-state index contributed by atoms with van der Waals surface area (Å²) in [5, 5.41) is 16.3. The maximum absolute atomic E-state index is 11.2. The van der Waals surface area contributed by atoms with Crippen molar-refractivity contribution in [3.63, 3.8) is 0 Å². The molecule has 0 fully saturated rings. The average molecular weight is 1780 g/mol. The van der Waals surface area contributed by atoms with Gasteiger partial charge in [0.2, 0.25) is 0 Å². The number of aryl methyl sites for hydroxylation is 1. The van der Waals surface area contributed by atoms with Gasteiger partial charge < -0.3 is 27.9 Å². The first-order valence-electron chi connectivity index (χ1n) is 41.2. The number of carboxylic acid groups (broad SMARTS) is 1. The molecule has 610 valence electrons. The van der Waals surface area contributed by atoms with Gasteiger partial charge in [0.25, 0.3) is 0 Å². The molecule has 0 saturated heterocycles. The number of hydrogen-bond donors (Lipinski definition) is 1. The van der Waals surface area contributed by atoms with Crippen LogP contribution in [0.1, 0.15) is 33.6 Å². The first kappa shape index (κ1) is 80.2. The number of aromatic nitrogens is 18. The average Bonchev–Trinajstić information content (AvgIpc) is 1.55. The fourth-order valence-electron chi connectivity index (χ4n) is 16.5. The molecule has 12 heterocycles. The van der Waals surface area contributed by atoms with E-state index >= 15 is 0 Å². The molecule has 0 radical (unpaired) electrons. The number of aliphatic carboxylic acids is 1. The second-order valence-electron chi connectivity index (χ2n) is 30.7. The van der Waals surface area contributed by atoms with Crippen LogP contribution in [0.4, 0.5) is 0 Å². The molecule has 24 aromatic rings. The Bertz CT molecular complexity index is 8420. The summed E-state index contributed by atoms with van der Waals surface area (Å²) in [6.45, 7) is 21.5. The second-order valence-corrected chi connectivity index (χ2v) is 33.0. The molecule has 0 aliphatic heterocycles. The summed E-state index contributed by atoms with van der Waals surface area (Å²) in [7, 11) is 0. The van der Waals surface area contributed by atoms with Crippen molar-refractivity contribution < 1.29 is 9.90 Å². The number of allylic oxidation sites excluding steroid dienone is 2. The molecule has 0 amide bonds. The van der Waals surface area contributed by atoms with E-state index in [1.165, 1.54) is 22.8 Å². The highest BCUT2D eigenvalue weighted by Crippen LogP contribution is 2.37. The zero-order valence-electron chi connectivity index (χ0n) is 68.4. The van der Waals surface area contributed by atoms with Gasteiger partial charge in [-0.3, -0.25) is 9.36 Å². The number of para-hydroxylation sites is 15. The van der Waals surface area contributed by atoms with Crippen LogP contribution in [0.15, 0.2) is 314 Å². The highest BCUT2D eigenvalue weighted by atomic mass is 79.9. The molecule has 0 atom stereocenters. The number of hydrogen-bond acceptors (Lipinski definition) is 13. The highest BCUT2D eigenvalue weighted by molar-refractivity contribution is 9.10. The molecule has 20 nitrogen and oxygen atoms in total. The van der Waals surface area contributed by atoms with Crippen molar-refractivity contribution in [2.45, 2.75) is 66.3 Å². The molecule has 0 unspecified atom stereocenters. The van der Waals surface area contributed by atoms with E-state index in [1.54, 1.807) is 29.0 Å². The molecule has 1 N–H and O–H groups in total. The van der Waals surface area contributed by atoms with Crippen LogP contribution in [0.2, 0.25) is 5.02 Å². The number of benzene rings is 12. The van der Waals surface area contributed by atoms with Crippen molar-refractivity contribution >= 4 is 254 Å². The molecule has 0 spiro atoms. The van der Waals surface area contributed by atoms with Crippen LogP contribution in [0, 0.1) is 5.92 Å². The predicted molar refractivity (Wildman–Crippen MR) is 520 cm³/mol. The number of unbranched alkanes of at least 4 members (excludes halogenated alkanes) is 1. The topological polar surface area (TPSA) is 222 Å². The Balaban J connectivity index is 0.0000000982. The van der Waals surface area contributed by atoms with Crippen LogP contribution in [0.3, 0.4) is 0 Å². The van der Waals surface area contributed by atoms with E-state index in [2.05, 4.69) is 179 Å². The lowest BCUT2D eigenvalue weighted by Gasteiger charge is -2.09. The second kappa shape index (κ2) is 34.4. The van der Waals surface area contributed by atoms with E-state index in [-0.39, 0.29) is 6.54 Å². The van der Waals surface area contributed by atoms with Crippen molar-refractivity contribution in [2.75, 3.05) is 0 Å². The zero-order valence-corrected chi connectivity index (χ0v) is 72.3. The van der Waals surface area contributed by atoms with Gasteiger partial charge >= 0.3 is 5.97 Å². The van der Waals surface area contributed by atoms with Gasteiger partial charge in [-0.15, -0.1) is 13.2 Å². The Morgan fingerprint density at radius 2 is 0.640 bits per heavy atom. The SMILES string of the molecule is C=CCn1c2ccc(Br)cc2c2nc3ccccc3nc21.C=CCn1c2ccccc2c2nc3ccccc3nc21.C=Cn1c2ccccc2c2nc3ccccc3nc21.CC(C)Cn1c2ccc(Br)cc2c2nc3ccccc3nc21.CCCCn1c2ccccc2c2nc3ccccc3nc21.O=C(O)Cn1c2ccc(Cl)cc2c2nc3ccccc3nc21. The standard InChI is InChI=1S/C18H16BrN3.C18H17N3.C17H12BrN3.C17H13N3.C16H10ClN3O2.C16H11N3/c1-11(2)10-22-16-8-7-12(19)9-13(16)17-18(22)21-15-6-4-3-5-14(15)20-17;1-2-3-12-21-16-11-7-4-8-13(16)17-18(21)20-15-10-6-5-9-14(15)19-17;1-2-9-21-15-8-7-11(18)10-12(15)16-17(21)20-14-6-4-3-5-13(14)19-16;1-2-11-20-15-10-6-3-7-12(15)16-17(20)19-14-9-5-4-8-13(14)18-16;17-9-5-6-13-10(7-9)15-16(20(13)8-14(21)22)19-12-4-2-1-3-11(12)18-15;1-2-19-14-10-6-3-7-11(14)15-16(19)18-13-9-5-4-8-12(13)17-15/h3-9,11H,10H2,1-2H3;4-11H,2-3,12H2,1H3;2-8,10H,1,9H2;2-10H,1,11H2;1-7H,8H2,(H,21,22);2-10H,1H2. The van der Waals surface area contributed by atoms with Crippen LogP contribution >= 0.6 is 43.5 Å². The minimum atomic E-state index is -0.927. The molecular weight excluding hydrogens is 1700 g/mol. The van der Waals surface area contributed by atoms with Crippen LogP contribution in [0.25, 0.3) is 205 Å². The number of nitrogens with zero attached hydrogens (tertiary/aromatic N) is 18. The van der Waals surface area contributed by atoms with E-state index in [0.717, 1.165) is 206 Å². The maximum Gasteiger partial charge on any atom is 0.323 e. The molecule has 12 aromatic heterocycles. The van der Waals surface area contributed by atoms with Crippen LogP contribution in [0.5, 0.6) is 0 Å². The lowest BCUT2D eigenvalue weighted by Crippen LogP contribution is -2.09. The molecule has 0 aliphatic carbocycles. The van der Waals surface area contributed by atoms with Crippen molar-refractivity contribution in [1.82, 2.24) is 87.2 Å². The van der Waals surface area contributed by atoms with Gasteiger partial charge in [0.15, 0.2) is 33.9 Å². The molecule has 125 heavy (non-hydrogen) atoms. The van der Waals surface area contributed by atoms with E-state index in [9.17, 15) is 9.90 Å². The van der Waals surface area contributed by atoms with E-state index in [4.69, 9.17) is 61.4 Å². The van der Waals surface area contributed by atoms with Gasteiger partial charge in [-0.2, -0.15) is 0 Å². The summed E-state index contributed by atoms with van der Waals surface area (Å²) in [5.41, 5.74) is 28.1. The van der Waals surface area contributed by atoms with Crippen LogP contribution in [-0.4, -0.2) is 98.3 Å². The lowest BCUT2D eigenvalue weighted by molar-refractivity contribution is -0.137. The number of rotatable bonds is 12. The van der Waals surface area contributed by atoms with Crippen molar-refractivity contribution in [3.8, 4) is 0 Å². The lowest BCUT2D eigenvalue weighted by atomic mass is 10.2.